The van der Waals surface area contributed by atoms with Gasteiger partial charge in [-0.25, -0.2) is 4.98 Å². The van der Waals surface area contributed by atoms with Gasteiger partial charge in [0, 0.05) is 6.20 Å². The Balaban J connectivity index is 2.17. The summed E-state index contributed by atoms with van der Waals surface area (Å²) in [7, 11) is 0. The van der Waals surface area contributed by atoms with Crippen molar-refractivity contribution < 1.29 is 19.5 Å². The van der Waals surface area contributed by atoms with Crippen molar-refractivity contribution in [2.75, 3.05) is 13.1 Å². The monoisotopic (exact) mass is 358 g/mol. The van der Waals surface area contributed by atoms with E-state index in [0.29, 0.717) is 21.4 Å². The molecule has 0 spiro atoms. The molecule has 2 amide bonds. The van der Waals surface area contributed by atoms with E-state index in [1.54, 1.807) is 6.92 Å². The van der Waals surface area contributed by atoms with Crippen molar-refractivity contribution >= 4 is 46.6 Å². The van der Waals surface area contributed by atoms with Gasteiger partial charge >= 0.3 is 5.97 Å². The van der Waals surface area contributed by atoms with E-state index in [-0.39, 0.29) is 12.2 Å². The molecule has 2 rings (SSSR count). The second-order valence-corrected chi connectivity index (χ2v) is 5.44. The summed E-state index contributed by atoms with van der Waals surface area (Å²) in [5.74, 6) is -2.35. The normalized spacial score (nSPS) is 10.6. The average Bonchev–Trinajstić information content (AvgIpc) is 2.79. The number of hydrogen-bond donors (Lipinski definition) is 3. The molecular formula is C13H12Cl2N4O4. The number of carboxylic acids is 1. The fourth-order valence-corrected chi connectivity index (χ4v) is 2.45. The van der Waals surface area contributed by atoms with Crippen molar-refractivity contribution in [3.63, 3.8) is 0 Å². The largest absolute Gasteiger partial charge is 0.480 e. The fraction of sp³-hybridized carbons (Fsp3) is 0.231. The summed E-state index contributed by atoms with van der Waals surface area (Å²) in [6.45, 7) is 0.734. The van der Waals surface area contributed by atoms with E-state index in [4.69, 9.17) is 28.3 Å². The number of halogens is 2. The number of aliphatic carboxylic acids is 1. The molecule has 0 fully saturated rings. The number of imidazole rings is 1. The maximum atomic E-state index is 12.3. The SMILES string of the molecule is Cc1nc2c(Cl)cc(Cl)cn2c1C(=O)NCC(=O)NCC(=O)O. The van der Waals surface area contributed by atoms with E-state index in [1.165, 1.54) is 16.7 Å². The summed E-state index contributed by atoms with van der Waals surface area (Å²) in [6, 6.07) is 1.51. The molecule has 0 saturated carbocycles. The summed E-state index contributed by atoms with van der Waals surface area (Å²) in [5.41, 5.74) is 0.974. The highest BCUT2D eigenvalue weighted by Gasteiger charge is 2.19. The first-order chi connectivity index (χ1) is 10.8. The lowest BCUT2D eigenvalue weighted by Crippen LogP contribution is -2.39. The maximum absolute atomic E-state index is 12.3. The van der Waals surface area contributed by atoms with Crippen LogP contribution in [0, 0.1) is 6.92 Å². The molecule has 2 heterocycles. The molecule has 0 radical (unpaired) electrons. The van der Waals surface area contributed by atoms with Crippen LogP contribution in [-0.4, -0.2) is 45.4 Å². The minimum atomic E-state index is -1.17. The molecule has 0 atom stereocenters. The van der Waals surface area contributed by atoms with E-state index in [2.05, 4.69) is 15.6 Å². The number of carboxylic acid groups (broad SMARTS) is 1. The summed E-state index contributed by atoms with van der Waals surface area (Å²) in [5, 5.41) is 13.6. The van der Waals surface area contributed by atoms with Crippen molar-refractivity contribution in [3.05, 3.63) is 33.7 Å². The van der Waals surface area contributed by atoms with Gasteiger partial charge in [-0.3, -0.25) is 18.8 Å². The number of nitrogens with zero attached hydrogens (tertiary/aromatic N) is 2. The molecule has 0 bridgehead atoms. The number of aryl methyl sites for hydroxylation is 1. The second-order valence-electron chi connectivity index (χ2n) is 4.60. The Morgan fingerprint density at radius 1 is 1.26 bits per heavy atom. The third-order valence-corrected chi connectivity index (χ3v) is 3.36. The topological polar surface area (TPSA) is 113 Å². The number of fused-ring (bicyclic) bond motifs is 1. The first-order valence-corrected chi connectivity index (χ1v) is 7.15. The van der Waals surface area contributed by atoms with Gasteiger partial charge in [-0.15, -0.1) is 0 Å². The van der Waals surface area contributed by atoms with Crippen LogP contribution >= 0.6 is 23.2 Å². The van der Waals surface area contributed by atoms with Gasteiger partial charge < -0.3 is 15.7 Å². The molecule has 8 nitrogen and oxygen atoms in total. The highest BCUT2D eigenvalue weighted by molar-refractivity contribution is 6.36. The minimum Gasteiger partial charge on any atom is -0.480 e. The zero-order chi connectivity index (χ0) is 17.1. The molecule has 0 aliphatic rings. The molecule has 0 aliphatic heterocycles. The van der Waals surface area contributed by atoms with Gasteiger partial charge in [0.2, 0.25) is 5.91 Å². The van der Waals surface area contributed by atoms with Crippen molar-refractivity contribution in [2.24, 2.45) is 0 Å². The van der Waals surface area contributed by atoms with Crippen molar-refractivity contribution in [1.82, 2.24) is 20.0 Å². The number of aromatic nitrogens is 2. The van der Waals surface area contributed by atoms with Gasteiger partial charge in [-0.1, -0.05) is 23.2 Å². The summed E-state index contributed by atoms with van der Waals surface area (Å²) in [4.78, 5) is 38.2. The first kappa shape index (κ1) is 17.0. The van der Waals surface area contributed by atoms with E-state index >= 15 is 0 Å². The van der Waals surface area contributed by atoms with Crippen molar-refractivity contribution in [2.45, 2.75) is 6.92 Å². The molecule has 2 aromatic rings. The lowest BCUT2D eigenvalue weighted by Gasteiger charge is -2.07. The Morgan fingerprint density at radius 3 is 2.61 bits per heavy atom. The van der Waals surface area contributed by atoms with Crippen LogP contribution < -0.4 is 10.6 Å². The van der Waals surface area contributed by atoms with E-state index in [0.717, 1.165) is 0 Å². The third-order valence-electron chi connectivity index (χ3n) is 2.88. The van der Waals surface area contributed by atoms with Crippen LogP contribution in [0.5, 0.6) is 0 Å². The average molecular weight is 359 g/mol. The molecule has 2 aromatic heterocycles. The van der Waals surface area contributed by atoms with Gasteiger partial charge in [0.05, 0.1) is 22.3 Å². The number of hydrogen-bond acceptors (Lipinski definition) is 4. The number of carbonyl (C=O) groups excluding carboxylic acids is 2. The Kier molecular flexibility index (Phi) is 5.07. The Morgan fingerprint density at radius 2 is 1.96 bits per heavy atom. The standard InChI is InChI=1S/C13H12Cl2N4O4/c1-6-11(13(23)17-3-9(20)16-4-10(21)22)19-5-7(14)2-8(15)12(19)18-6/h2,5H,3-4H2,1H3,(H,16,20)(H,17,23)(H,21,22). The van der Waals surface area contributed by atoms with Crippen LogP contribution in [0.3, 0.4) is 0 Å². The zero-order valence-corrected chi connectivity index (χ0v) is 13.4. The number of rotatable bonds is 5. The van der Waals surface area contributed by atoms with Crippen molar-refractivity contribution in [3.8, 4) is 0 Å². The van der Waals surface area contributed by atoms with Crippen molar-refractivity contribution in [1.29, 1.82) is 0 Å². The Labute approximate surface area is 140 Å². The molecule has 10 heteroatoms. The molecular weight excluding hydrogens is 347 g/mol. The Hall–Kier alpha value is -2.32. The minimum absolute atomic E-state index is 0.190. The van der Waals surface area contributed by atoms with E-state index in [9.17, 15) is 14.4 Å². The van der Waals surface area contributed by atoms with Gasteiger partial charge in [-0.05, 0) is 13.0 Å². The van der Waals surface area contributed by atoms with Gasteiger partial charge in [0.25, 0.3) is 5.91 Å². The smallest absolute Gasteiger partial charge is 0.322 e. The van der Waals surface area contributed by atoms with Crippen LogP contribution in [0.25, 0.3) is 5.65 Å². The maximum Gasteiger partial charge on any atom is 0.322 e. The van der Waals surface area contributed by atoms with Gasteiger partial charge in [0.1, 0.15) is 12.2 Å². The first-order valence-electron chi connectivity index (χ1n) is 6.40. The van der Waals surface area contributed by atoms with Crippen LogP contribution in [0.1, 0.15) is 16.2 Å². The Bertz CT molecular complexity index is 803. The van der Waals surface area contributed by atoms with E-state index < -0.39 is 24.3 Å². The fourth-order valence-electron chi connectivity index (χ4n) is 1.94. The van der Waals surface area contributed by atoms with Crippen LogP contribution in [0.4, 0.5) is 0 Å². The predicted octanol–water partition coefficient (Wildman–Crippen LogP) is 0.880. The summed E-state index contributed by atoms with van der Waals surface area (Å²) >= 11 is 12.0. The molecule has 0 saturated heterocycles. The number of amides is 2. The molecule has 122 valence electrons. The quantitative estimate of drug-likeness (QED) is 0.734. The van der Waals surface area contributed by atoms with Gasteiger partial charge in [-0.2, -0.15) is 0 Å². The lowest BCUT2D eigenvalue weighted by atomic mass is 10.3. The lowest BCUT2D eigenvalue weighted by molar-refractivity contribution is -0.137. The highest BCUT2D eigenvalue weighted by Crippen LogP contribution is 2.24. The van der Waals surface area contributed by atoms with Crippen LogP contribution in [-0.2, 0) is 9.59 Å². The number of carbonyl (C=O) groups is 3. The zero-order valence-electron chi connectivity index (χ0n) is 11.9. The summed E-state index contributed by atoms with van der Waals surface area (Å²) in [6.07, 6.45) is 1.49. The molecule has 0 aliphatic carbocycles. The predicted molar refractivity (Wildman–Crippen MR) is 82.9 cm³/mol. The molecule has 0 unspecified atom stereocenters. The summed E-state index contributed by atoms with van der Waals surface area (Å²) < 4.78 is 1.44. The molecule has 0 aromatic carbocycles. The second kappa shape index (κ2) is 6.84. The highest BCUT2D eigenvalue weighted by atomic mass is 35.5. The third kappa shape index (κ3) is 3.91. The van der Waals surface area contributed by atoms with Crippen LogP contribution in [0.2, 0.25) is 10.0 Å². The molecule has 3 N–H and O–H groups in total. The van der Waals surface area contributed by atoms with E-state index in [1.807, 2.05) is 0 Å². The molecule has 23 heavy (non-hydrogen) atoms. The number of pyridine rings is 1. The van der Waals surface area contributed by atoms with Gasteiger partial charge in [0.15, 0.2) is 5.65 Å². The number of nitrogens with one attached hydrogen (secondary N) is 2. The van der Waals surface area contributed by atoms with Crippen LogP contribution in [0.15, 0.2) is 12.3 Å².